The van der Waals surface area contributed by atoms with E-state index in [0.717, 1.165) is 23.1 Å². The summed E-state index contributed by atoms with van der Waals surface area (Å²) in [5.74, 6) is -0.400. The fraction of sp³-hybridized carbons (Fsp3) is 0.222. The van der Waals surface area contributed by atoms with E-state index in [4.69, 9.17) is 4.98 Å². The number of hydrogen-bond donors (Lipinski definition) is 2. The summed E-state index contributed by atoms with van der Waals surface area (Å²) < 4.78 is 1.59. The molecule has 6 nitrogen and oxygen atoms in total. The van der Waals surface area contributed by atoms with Gasteiger partial charge in [-0.05, 0) is 49.6 Å². The van der Waals surface area contributed by atoms with Crippen LogP contribution in [0.25, 0.3) is 22.3 Å². The first-order valence-electron chi connectivity index (χ1n) is 11.0. The van der Waals surface area contributed by atoms with Gasteiger partial charge < -0.3 is 10.4 Å². The molecule has 0 fully saturated rings. The van der Waals surface area contributed by atoms with E-state index >= 15 is 0 Å². The Morgan fingerprint density at radius 3 is 2.48 bits per heavy atom. The van der Waals surface area contributed by atoms with Crippen molar-refractivity contribution in [2.75, 3.05) is 5.32 Å². The minimum Gasteiger partial charge on any atom is -0.478 e. The van der Waals surface area contributed by atoms with Crippen LogP contribution in [-0.4, -0.2) is 20.6 Å². The van der Waals surface area contributed by atoms with Crippen LogP contribution in [0.1, 0.15) is 46.9 Å². The molecule has 3 aromatic carbocycles. The van der Waals surface area contributed by atoms with Gasteiger partial charge in [0.2, 0.25) is 0 Å². The molecule has 0 spiro atoms. The number of hydrogen-bond acceptors (Lipinski definition) is 4. The number of anilines is 1. The van der Waals surface area contributed by atoms with Gasteiger partial charge in [-0.1, -0.05) is 49.4 Å². The first kappa shape index (κ1) is 22.3. The fourth-order valence-corrected chi connectivity index (χ4v) is 4.14. The Hall–Kier alpha value is -3.93. The number of nitrogens with zero attached hydrogens (tertiary/aromatic N) is 2. The maximum Gasteiger partial charge on any atom is 0.337 e. The molecule has 0 bridgehead atoms. The topological polar surface area (TPSA) is 84.2 Å². The summed E-state index contributed by atoms with van der Waals surface area (Å²) in [5.41, 5.74) is 5.09. The summed E-state index contributed by atoms with van der Waals surface area (Å²) in [7, 11) is 1.74. The third-order valence-corrected chi connectivity index (χ3v) is 5.97. The number of para-hydroxylation sites is 1. The van der Waals surface area contributed by atoms with Crippen LogP contribution in [0.5, 0.6) is 0 Å². The molecule has 1 aromatic heterocycles. The zero-order valence-corrected chi connectivity index (χ0v) is 19.2. The van der Waals surface area contributed by atoms with Crippen LogP contribution in [0.15, 0.2) is 65.5 Å². The first-order valence-corrected chi connectivity index (χ1v) is 11.0. The minimum atomic E-state index is -0.996. The van der Waals surface area contributed by atoms with E-state index in [9.17, 15) is 14.7 Å². The largest absolute Gasteiger partial charge is 0.478 e. The molecule has 168 valence electrons. The van der Waals surface area contributed by atoms with Gasteiger partial charge in [-0.3, -0.25) is 9.36 Å². The van der Waals surface area contributed by atoms with Crippen molar-refractivity contribution in [2.24, 2.45) is 7.05 Å². The van der Waals surface area contributed by atoms with Crippen LogP contribution in [0.3, 0.4) is 0 Å². The van der Waals surface area contributed by atoms with Crippen molar-refractivity contribution in [3.8, 4) is 11.4 Å². The average molecular weight is 442 g/mol. The van der Waals surface area contributed by atoms with Crippen LogP contribution in [-0.2, 0) is 13.5 Å². The normalized spacial score (nSPS) is 12.0. The van der Waals surface area contributed by atoms with Crippen LogP contribution < -0.4 is 10.9 Å². The highest BCUT2D eigenvalue weighted by Crippen LogP contribution is 2.29. The number of carbonyl (C=O) groups is 1. The van der Waals surface area contributed by atoms with Gasteiger partial charge in [0.1, 0.15) is 5.82 Å². The monoisotopic (exact) mass is 441 g/mol. The Morgan fingerprint density at radius 2 is 1.82 bits per heavy atom. The van der Waals surface area contributed by atoms with Gasteiger partial charge in [-0.25, -0.2) is 9.78 Å². The lowest BCUT2D eigenvalue weighted by atomic mass is 10.00. The second kappa shape index (κ2) is 8.90. The molecule has 0 aliphatic rings. The van der Waals surface area contributed by atoms with E-state index in [1.807, 2.05) is 38.1 Å². The number of aromatic nitrogens is 2. The number of aromatic carboxylic acids is 1. The van der Waals surface area contributed by atoms with Crippen molar-refractivity contribution in [2.45, 2.75) is 33.2 Å². The summed E-state index contributed by atoms with van der Waals surface area (Å²) >= 11 is 0. The van der Waals surface area contributed by atoms with E-state index < -0.39 is 5.97 Å². The molecule has 2 N–H and O–H groups in total. The van der Waals surface area contributed by atoms with E-state index in [1.165, 1.54) is 5.56 Å². The van der Waals surface area contributed by atoms with Crippen molar-refractivity contribution in [3.05, 3.63) is 93.3 Å². The number of rotatable bonds is 6. The van der Waals surface area contributed by atoms with Gasteiger partial charge in [-0.15, -0.1) is 0 Å². The molecule has 0 amide bonds. The highest BCUT2D eigenvalue weighted by atomic mass is 16.4. The number of carboxylic acid groups (broad SMARTS) is 1. The number of fused-ring (bicyclic) bond motifs is 1. The van der Waals surface area contributed by atoms with Crippen molar-refractivity contribution in [1.29, 1.82) is 0 Å². The molecule has 0 aliphatic heterocycles. The fourth-order valence-electron chi connectivity index (χ4n) is 4.14. The van der Waals surface area contributed by atoms with E-state index in [-0.39, 0.29) is 17.2 Å². The molecule has 0 saturated heterocycles. The molecule has 4 rings (SSSR count). The van der Waals surface area contributed by atoms with Crippen LogP contribution in [0, 0.1) is 6.92 Å². The summed E-state index contributed by atoms with van der Waals surface area (Å²) in [5, 5.41) is 13.4. The second-order valence-electron chi connectivity index (χ2n) is 8.32. The zero-order chi connectivity index (χ0) is 23.7. The summed E-state index contributed by atoms with van der Waals surface area (Å²) in [6.45, 7) is 5.99. The van der Waals surface area contributed by atoms with Crippen molar-refractivity contribution >= 4 is 22.6 Å². The predicted octanol–water partition coefficient (Wildman–Crippen LogP) is 5.34. The van der Waals surface area contributed by atoms with Gasteiger partial charge in [0, 0.05) is 23.9 Å². The molecule has 1 atom stereocenters. The van der Waals surface area contributed by atoms with Crippen molar-refractivity contribution in [3.63, 3.8) is 0 Å². The Morgan fingerprint density at radius 1 is 1.12 bits per heavy atom. The smallest absolute Gasteiger partial charge is 0.337 e. The van der Waals surface area contributed by atoms with Gasteiger partial charge in [0.05, 0.1) is 22.5 Å². The van der Waals surface area contributed by atoms with Gasteiger partial charge in [0.15, 0.2) is 0 Å². The molecule has 0 saturated carbocycles. The molecule has 0 aliphatic carbocycles. The summed E-state index contributed by atoms with van der Waals surface area (Å²) in [4.78, 5) is 29.9. The number of aryl methyl sites for hydroxylation is 2. The first-order chi connectivity index (χ1) is 15.8. The van der Waals surface area contributed by atoms with E-state index in [1.54, 1.807) is 35.9 Å². The summed E-state index contributed by atoms with van der Waals surface area (Å²) in [6.07, 6.45) is 0.939. The Kier molecular flexibility index (Phi) is 6.01. The van der Waals surface area contributed by atoms with Crippen molar-refractivity contribution in [1.82, 2.24) is 9.55 Å². The van der Waals surface area contributed by atoms with E-state index in [0.29, 0.717) is 22.4 Å². The van der Waals surface area contributed by atoms with Gasteiger partial charge in [-0.2, -0.15) is 0 Å². The molecule has 33 heavy (non-hydrogen) atoms. The van der Waals surface area contributed by atoms with E-state index in [2.05, 4.69) is 24.4 Å². The molecule has 0 unspecified atom stereocenters. The molecular formula is C27H27N3O3. The summed E-state index contributed by atoms with van der Waals surface area (Å²) in [6, 6.07) is 18.5. The zero-order valence-electron chi connectivity index (χ0n) is 19.2. The number of carboxylic acids is 1. The molecular weight excluding hydrogens is 414 g/mol. The predicted molar refractivity (Wildman–Crippen MR) is 132 cm³/mol. The lowest BCUT2D eigenvalue weighted by Gasteiger charge is -2.20. The quantitative estimate of drug-likeness (QED) is 0.422. The average Bonchev–Trinajstić information content (AvgIpc) is 2.81. The number of nitrogens with one attached hydrogen (secondary N) is 1. The lowest BCUT2D eigenvalue weighted by Crippen LogP contribution is -2.22. The standard InChI is InChI=1S/C27H27N3O3/c1-5-18-10-12-19(13-11-18)25-29-24-21(14-16(2)15-22(24)26(31)30(25)4)17(3)28-23-9-7-6-8-20(23)27(32)33/h6-15,17,28H,5H2,1-4H3,(H,32,33)/t17-/m1/s1. The van der Waals surface area contributed by atoms with Gasteiger partial charge in [0.25, 0.3) is 5.56 Å². The lowest BCUT2D eigenvalue weighted by molar-refractivity contribution is 0.0698. The second-order valence-corrected chi connectivity index (χ2v) is 8.32. The van der Waals surface area contributed by atoms with Crippen LogP contribution >= 0.6 is 0 Å². The molecule has 1 heterocycles. The maximum absolute atomic E-state index is 13.3. The third-order valence-electron chi connectivity index (χ3n) is 5.97. The maximum atomic E-state index is 13.3. The van der Waals surface area contributed by atoms with Crippen molar-refractivity contribution < 1.29 is 9.90 Å². The Bertz CT molecular complexity index is 1410. The Balaban J connectivity index is 1.87. The SMILES string of the molecule is CCc1ccc(-c2nc3c([C@@H](C)Nc4ccccc4C(=O)O)cc(C)cc3c(=O)n2C)cc1. The van der Waals surface area contributed by atoms with Crippen LogP contribution in [0.2, 0.25) is 0 Å². The molecule has 4 aromatic rings. The molecule has 0 radical (unpaired) electrons. The molecule has 6 heteroatoms. The highest BCUT2D eigenvalue weighted by molar-refractivity contribution is 5.94. The van der Waals surface area contributed by atoms with Crippen LogP contribution in [0.4, 0.5) is 5.69 Å². The number of benzene rings is 3. The Labute approximate surface area is 192 Å². The van der Waals surface area contributed by atoms with Gasteiger partial charge >= 0.3 is 5.97 Å². The third kappa shape index (κ3) is 4.24. The highest BCUT2D eigenvalue weighted by Gasteiger charge is 2.19. The minimum absolute atomic E-state index is 0.113.